The van der Waals surface area contributed by atoms with Gasteiger partial charge in [-0.05, 0) is 36.9 Å². The zero-order valence-corrected chi connectivity index (χ0v) is 10.9. The molecule has 2 rings (SSSR count). The van der Waals surface area contributed by atoms with Crippen molar-refractivity contribution in [2.24, 2.45) is 5.92 Å². The second-order valence-corrected chi connectivity index (χ2v) is 5.18. The normalized spacial score (nSPS) is 16.5. The van der Waals surface area contributed by atoms with E-state index < -0.39 is 16.4 Å². The van der Waals surface area contributed by atoms with Crippen LogP contribution in [0.5, 0.6) is 0 Å². The molecule has 0 atom stereocenters. The first-order valence-electron chi connectivity index (χ1n) is 6.80. The van der Waals surface area contributed by atoms with Crippen molar-refractivity contribution in [1.29, 1.82) is 0 Å². The lowest BCUT2D eigenvalue weighted by Crippen LogP contribution is -2.24. The molecular weight excluding hydrogens is 247 g/mol. The molecule has 1 saturated carbocycles. The minimum atomic E-state index is -0.762. The van der Waals surface area contributed by atoms with E-state index in [1.54, 1.807) is 6.07 Å². The van der Waals surface area contributed by atoms with Gasteiger partial charge in [-0.2, -0.15) is 4.39 Å². The SMILES string of the molecule is O=[N+]([O-])c1ccc(CNCC2CCCCC2)cc1F. The Labute approximate surface area is 112 Å². The lowest BCUT2D eigenvalue weighted by atomic mass is 9.89. The average Bonchev–Trinajstić information content (AvgIpc) is 2.39. The van der Waals surface area contributed by atoms with Gasteiger partial charge in [-0.1, -0.05) is 25.3 Å². The Hall–Kier alpha value is -1.49. The van der Waals surface area contributed by atoms with Gasteiger partial charge in [0.05, 0.1) is 4.92 Å². The largest absolute Gasteiger partial charge is 0.312 e. The quantitative estimate of drug-likeness (QED) is 0.656. The van der Waals surface area contributed by atoms with Crippen LogP contribution in [-0.2, 0) is 6.54 Å². The molecule has 19 heavy (non-hydrogen) atoms. The van der Waals surface area contributed by atoms with E-state index in [0.29, 0.717) is 6.54 Å². The molecule has 0 aromatic heterocycles. The second-order valence-electron chi connectivity index (χ2n) is 5.18. The van der Waals surface area contributed by atoms with Crippen LogP contribution in [0.1, 0.15) is 37.7 Å². The lowest BCUT2D eigenvalue weighted by molar-refractivity contribution is -0.387. The van der Waals surface area contributed by atoms with Crippen LogP contribution in [0.25, 0.3) is 0 Å². The number of nitrogens with zero attached hydrogens (tertiary/aromatic N) is 1. The van der Waals surface area contributed by atoms with E-state index in [1.807, 2.05) is 0 Å². The van der Waals surface area contributed by atoms with Gasteiger partial charge in [-0.3, -0.25) is 10.1 Å². The predicted molar refractivity (Wildman–Crippen MR) is 71.3 cm³/mol. The zero-order chi connectivity index (χ0) is 13.7. The summed E-state index contributed by atoms with van der Waals surface area (Å²) >= 11 is 0. The van der Waals surface area contributed by atoms with Gasteiger partial charge < -0.3 is 5.32 Å². The maximum atomic E-state index is 13.4. The highest BCUT2D eigenvalue weighted by molar-refractivity contribution is 5.34. The monoisotopic (exact) mass is 266 g/mol. The lowest BCUT2D eigenvalue weighted by Gasteiger charge is -2.21. The Morgan fingerprint density at radius 2 is 2.05 bits per heavy atom. The molecule has 0 unspecified atom stereocenters. The van der Waals surface area contributed by atoms with Gasteiger partial charge in [0, 0.05) is 12.6 Å². The van der Waals surface area contributed by atoms with E-state index in [2.05, 4.69) is 5.32 Å². The minimum Gasteiger partial charge on any atom is -0.312 e. The maximum absolute atomic E-state index is 13.4. The summed E-state index contributed by atoms with van der Waals surface area (Å²) in [6, 6.07) is 4.08. The smallest absolute Gasteiger partial charge is 0.304 e. The minimum absolute atomic E-state index is 0.462. The van der Waals surface area contributed by atoms with Gasteiger partial charge in [0.15, 0.2) is 0 Å². The molecule has 5 heteroatoms. The summed E-state index contributed by atoms with van der Waals surface area (Å²) in [5.74, 6) is -0.0430. The number of nitro benzene ring substituents is 1. The average molecular weight is 266 g/mol. The Kier molecular flexibility index (Phi) is 4.85. The fourth-order valence-corrected chi connectivity index (χ4v) is 2.62. The van der Waals surface area contributed by atoms with E-state index in [0.717, 1.165) is 18.0 Å². The molecule has 104 valence electrons. The highest BCUT2D eigenvalue weighted by Crippen LogP contribution is 2.23. The molecule has 4 nitrogen and oxygen atoms in total. The van der Waals surface area contributed by atoms with Crippen molar-refractivity contribution in [1.82, 2.24) is 5.32 Å². The van der Waals surface area contributed by atoms with Crippen LogP contribution in [0, 0.1) is 21.8 Å². The van der Waals surface area contributed by atoms with Crippen molar-refractivity contribution >= 4 is 5.69 Å². The standard InChI is InChI=1S/C14H19FN2O2/c15-13-8-12(6-7-14(13)17(18)19)10-16-9-11-4-2-1-3-5-11/h6-8,11,16H,1-5,9-10H2. The van der Waals surface area contributed by atoms with Crippen LogP contribution in [0.15, 0.2) is 18.2 Å². The molecule has 1 aromatic rings. The fraction of sp³-hybridized carbons (Fsp3) is 0.571. The summed E-state index contributed by atoms with van der Waals surface area (Å²) in [5.41, 5.74) is 0.287. The van der Waals surface area contributed by atoms with Crippen molar-refractivity contribution in [3.8, 4) is 0 Å². The van der Waals surface area contributed by atoms with E-state index in [4.69, 9.17) is 0 Å². The van der Waals surface area contributed by atoms with Gasteiger partial charge in [0.25, 0.3) is 0 Å². The second kappa shape index (κ2) is 6.61. The third-order valence-electron chi connectivity index (χ3n) is 3.70. The van der Waals surface area contributed by atoms with Gasteiger partial charge in [-0.15, -0.1) is 0 Å². The van der Waals surface area contributed by atoms with Crippen molar-refractivity contribution in [3.63, 3.8) is 0 Å². The molecule has 1 aromatic carbocycles. The number of benzene rings is 1. The van der Waals surface area contributed by atoms with Crippen LogP contribution in [-0.4, -0.2) is 11.5 Å². The Balaban J connectivity index is 1.82. The topological polar surface area (TPSA) is 55.2 Å². The fourth-order valence-electron chi connectivity index (χ4n) is 2.62. The molecule has 1 fully saturated rings. The highest BCUT2D eigenvalue weighted by Gasteiger charge is 2.15. The van der Waals surface area contributed by atoms with Crippen molar-refractivity contribution < 1.29 is 9.31 Å². The van der Waals surface area contributed by atoms with Gasteiger partial charge in [0.1, 0.15) is 0 Å². The molecule has 0 spiro atoms. The predicted octanol–water partition coefficient (Wildman–Crippen LogP) is 3.40. The van der Waals surface area contributed by atoms with E-state index in [-0.39, 0.29) is 0 Å². The zero-order valence-electron chi connectivity index (χ0n) is 10.9. The molecule has 1 aliphatic rings. The number of halogens is 1. The molecule has 0 bridgehead atoms. The molecule has 0 saturated heterocycles. The third kappa shape index (κ3) is 3.99. The van der Waals surface area contributed by atoms with Gasteiger partial charge in [0.2, 0.25) is 5.82 Å². The Bertz CT molecular complexity index is 445. The number of hydrogen-bond donors (Lipinski definition) is 1. The van der Waals surface area contributed by atoms with Crippen LogP contribution in [0.3, 0.4) is 0 Å². The van der Waals surface area contributed by atoms with E-state index in [9.17, 15) is 14.5 Å². The third-order valence-corrected chi connectivity index (χ3v) is 3.70. The van der Waals surface area contributed by atoms with Crippen molar-refractivity contribution in [2.75, 3.05) is 6.54 Å². The van der Waals surface area contributed by atoms with Crippen molar-refractivity contribution in [2.45, 2.75) is 38.6 Å². The van der Waals surface area contributed by atoms with Crippen LogP contribution in [0.2, 0.25) is 0 Å². The molecule has 0 heterocycles. The van der Waals surface area contributed by atoms with E-state index >= 15 is 0 Å². The first kappa shape index (κ1) is 13.9. The Morgan fingerprint density at radius 3 is 2.68 bits per heavy atom. The summed E-state index contributed by atoms with van der Waals surface area (Å²) < 4.78 is 13.4. The van der Waals surface area contributed by atoms with Crippen LogP contribution in [0.4, 0.5) is 10.1 Å². The number of nitrogens with one attached hydrogen (secondary N) is 1. The Morgan fingerprint density at radius 1 is 1.32 bits per heavy atom. The molecule has 0 radical (unpaired) electrons. The molecular formula is C14H19FN2O2. The van der Waals surface area contributed by atoms with E-state index in [1.165, 1.54) is 44.2 Å². The summed E-state index contributed by atoms with van der Waals surface area (Å²) in [6.07, 6.45) is 6.48. The number of hydrogen-bond acceptors (Lipinski definition) is 3. The maximum Gasteiger partial charge on any atom is 0.304 e. The summed E-state index contributed by atoms with van der Waals surface area (Å²) in [4.78, 5) is 9.80. The summed E-state index contributed by atoms with van der Waals surface area (Å²) in [5, 5.41) is 13.8. The van der Waals surface area contributed by atoms with Gasteiger partial charge >= 0.3 is 5.69 Å². The van der Waals surface area contributed by atoms with Crippen LogP contribution >= 0.6 is 0 Å². The first-order chi connectivity index (χ1) is 9.16. The highest BCUT2D eigenvalue weighted by atomic mass is 19.1. The molecule has 1 aliphatic carbocycles. The molecule has 0 amide bonds. The summed E-state index contributed by atoms with van der Waals surface area (Å²) in [7, 11) is 0. The molecule has 1 N–H and O–H groups in total. The van der Waals surface area contributed by atoms with Crippen molar-refractivity contribution in [3.05, 3.63) is 39.7 Å². The molecule has 0 aliphatic heterocycles. The summed E-state index contributed by atoms with van der Waals surface area (Å²) in [6.45, 7) is 1.50. The first-order valence-corrected chi connectivity index (χ1v) is 6.80. The number of rotatable bonds is 5. The number of nitro groups is 1. The van der Waals surface area contributed by atoms with Crippen LogP contribution < -0.4 is 5.32 Å². The van der Waals surface area contributed by atoms with Gasteiger partial charge in [-0.25, -0.2) is 0 Å².